The first-order chi connectivity index (χ1) is 11.9. The van der Waals surface area contributed by atoms with Crippen molar-refractivity contribution in [3.63, 3.8) is 0 Å². The molecule has 1 heterocycles. The van der Waals surface area contributed by atoms with Gasteiger partial charge in [0, 0.05) is 23.8 Å². The molecule has 2 fully saturated rings. The second-order valence-corrected chi connectivity index (χ2v) is 7.84. The maximum absolute atomic E-state index is 13.0. The Bertz CT molecular complexity index is 677. The maximum atomic E-state index is 13.0. The van der Waals surface area contributed by atoms with Crippen LogP contribution in [0, 0.1) is 18.3 Å². The van der Waals surface area contributed by atoms with E-state index in [0.717, 1.165) is 43.6 Å². The Balaban J connectivity index is 0.00000243. The van der Waals surface area contributed by atoms with Gasteiger partial charge in [-0.05, 0) is 69.8 Å². The fourth-order valence-corrected chi connectivity index (χ4v) is 4.28. The van der Waals surface area contributed by atoms with Gasteiger partial charge in [-0.25, -0.2) is 0 Å². The molecule has 0 radical (unpaired) electrons. The van der Waals surface area contributed by atoms with E-state index in [1.54, 1.807) is 6.07 Å². The van der Waals surface area contributed by atoms with Crippen molar-refractivity contribution in [3.05, 3.63) is 29.3 Å². The molecule has 3 N–H and O–H groups in total. The third-order valence-corrected chi connectivity index (χ3v) is 5.64. The number of carbonyl (C=O) groups excluding carboxylic acids is 2. The van der Waals surface area contributed by atoms with Crippen molar-refractivity contribution in [1.82, 2.24) is 10.6 Å². The van der Waals surface area contributed by atoms with Crippen LogP contribution in [-0.2, 0) is 4.79 Å². The molecule has 1 aromatic rings. The summed E-state index contributed by atoms with van der Waals surface area (Å²) in [5.41, 5.74) is 2.04. The highest BCUT2D eigenvalue weighted by Crippen LogP contribution is 2.44. The van der Waals surface area contributed by atoms with Gasteiger partial charge in [0.1, 0.15) is 0 Å². The van der Waals surface area contributed by atoms with Crippen molar-refractivity contribution in [2.24, 2.45) is 11.3 Å². The summed E-state index contributed by atoms with van der Waals surface area (Å²) in [4.78, 5) is 25.2. The molecule has 1 aromatic carbocycles. The summed E-state index contributed by atoms with van der Waals surface area (Å²) in [5.74, 6) is 0.496. The number of fused-ring (bicyclic) bond motifs is 1. The van der Waals surface area contributed by atoms with Crippen LogP contribution < -0.4 is 16.0 Å². The summed E-state index contributed by atoms with van der Waals surface area (Å²) in [6.45, 7) is 7.51. The van der Waals surface area contributed by atoms with Crippen molar-refractivity contribution < 1.29 is 9.59 Å². The van der Waals surface area contributed by atoms with Crippen LogP contribution in [0.1, 0.15) is 55.5 Å². The molecular formula is C20H30ClN3O2. The molecule has 0 unspecified atom stereocenters. The number of nitrogens with one attached hydrogen (secondary N) is 3. The normalized spacial score (nSPS) is 24.5. The number of rotatable bonds is 4. The minimum Gasteiger partial charge on any atom is -0.350 e. The van der Waals surface area contributed by atoms with Crippen molar-refractivity contribution in [2.75, 3.05) is 18.4 Å². The van der Waals surface area contributed by atoms with E-state index in [-0.39, 0.29) is 35.7 Å². The molecule has 26 heavy (non-hydrogen) atoms. The van der Waals surface area contributed by atoms with Crippen molar-refractivity contribution in [1.29, 1.82) is 0 Å². The van der Waals surface area contributed by atoms with Crippen molar-refractivity contribution in [2.45, 2.75) is 52.5 Å². The predicted octanol–water partition coefficient (Wildman–Crippen LogP) is 3.27. The smallest absolute Gasteiger partial charge is 0.251 e. The molecular weight excluding hydrogens is 350 g/mol. The quantitative estimate of drug-likeness (QED) is 0.751. The number of hydrogen-bond acceptors (Lipinski definition) is 3. The number of hydrogen-bond donors (Lipinski definition) is 3. The molecule has 2 aliphatic rings. The highest BCUT2D eigenvalue weighted by molar-refractivity contribution is 5.99. The number of carbonyl (C=O) groups is 2. The van der Waals surface area contributed by atoms with Crippen LogP contribution in [0.25, 0.3) is 0 Å². The van der Waals surface area contributed by atoms with E-state index in [1.165, 1.54) is 6.42 Å². The van der Waals surface area contributed by atoms with Gasteiger partial charge in [-0.2, -0.15) is 0 Å². The van der Waals surface area contributed by atoms with E-state index < -0.39 is 0 Å². The first-order valence-corrected chi connectivity index (χ1v) is 9.36. The minimum atomic E-state index is -0.264. The lowest BCUT2D eigenvalue weighted by Crippen LogP contribution is -2.44. The molecule has 1 aliphatic heterocycles. The number of benzene rings is 1. The van der Waals surface area contributed by atoms with Crippen molar-refractivity contribution >= 4 is 29.9 Å². The van der Waals surface area contributed by atoms with E-state index in [0.29, 0.717) is 11.5 Å². The average molecular weight is 380 g/mol. The topological polar surface area (TPSA) is 70.2 Å². The fraction of sp³-hybridized carbons (Fsp3) is 0.600. The zero-order valence-corrected chi connectivity index (χ0v) is 16.7. The van der Waals surface area contributed by atoms with Gasteiger partial charge < -0.3 is 16.0 Å². The summed E-state index contributed by atoms with van der Waals surface area (Å²) < 4.78 is 0. The van der Waals surface area contributed by atoms with Crippen molar-refractivity contribution in [3.8, 4) is 0 Å². The molecule has 144 valence electrons. The molecule has 0 aromatic heterocycles. The lowest BCUT2D eigenvalue weighted by Gasteiger charge is -2.37. The summed E-state index contributed by atoms with van der Waals surface area (Å²) in [5, 5.41) is 9.43. The van der Waals surface area contributed by atoms with E-state index in [9.17, 15) is 9.59 Å². The Labute approximate surface area is 162 Å². The second kappa shape index (κ2) is 8.40. The molecule has 1 saturated heterocycles. The summed E-state index contributed by atoms with van der Waals surface area (Å²) in [6, 6.07) is 5.62. The van der Waals surface area contributed by atoms with Crippen LogP contribution in [0.4, 0.5) is 5.69 Å². The van der Waals surface area contributed by atoms with Gasteiger partial charge in [0.2, 0.25) is 5.91 Å². The van der Waals surface area contributed by atoms with Crippen LogP contribution in [0.15, 0.2) is 18.2 Å². The molecule has 6 heteroatoms. The second-order valence-electron chi connectivity index (χ2n) is 7.84. The Morgan fingerprint density at radius 2 is 2.04 bits per heavy atom. The van der Waals surface area contributed by atoms with Crippen LogP contribution >= 0.6 is 12.4 Å². The number of aryl methyl sites for hydroxylation is 1. The summed E-state index contributed by atoms with van der Waals surface area (Å²) in [7, 11) is 0. The molecule has 1 saturated carbocycles. The SMILES string of the molecule is Cc1cc(NC(=O)[C@@]23CCCC[C@H]2CNC3)ccc1C(=O)NC(C)C.Cl. The molecule has 2 amide bonds. The molecule has 5 nitrogen and oxygen atoms in total. The third kappa shape index (κ3) is 4.04. The van der Waals surface area contributed by atoms with Crippen LogP contribution in [0.5, 0.6) is 0 Å². The first kappa shape index (κ1) is 20.7. The average Bonchev–Trinajstić information content (AvgIpc) is 2.99. The Morgan fingerprint density at radius 3 is 2.73 bits per heavy atom. The van der Waals surface area contributed by atoms with Crippen LogP contribution in [0.2, 0.25) is 0 Å². The maximum Gasteiger partial charge on any atom is 0.251 e. The molecule has 0 bridgehead atoms. The standard InChI is InChI=1S/C20H29N3O2.ClH/c1-13(2)22-18(24)17-8-7-16(10-14(17)3)23-19(25)20-9-5-4-6-15(20)11-21-12-20;/h7-8,10,13,15,21H,4-6,9,11-12H2,1-3H3,(H,22,24)(H,23,25);1H/t15-,20+;/m0./s1. The van der Waals surface area contributed by atoms with E-state index in [1.807, 2.05) is 32.9 Å². The molecule has 2 atom stereocenters. The van der Waals surface area contributed by atoms with E-state index >= 15 is 0 Å². The lowest BCUT2D eigenvalue weighted by molar-refractivity contribution is -0.128. The minimum absolute atomic E-state index is 0. The van der Waals surface area contributed by atoms with E-state index in [4.69, 9.17) is 0 Å². The first-order valence-electron chi connectivity index (χ1n) is 9.36. The van der Waals surface area contributed by atoms with Gasteiger partial charge in [-0.3, -0.25) is 9.59 Å². The fourth-order valence-electron chi connectivity index (χ4n) is 4.28. The zero-order chi connectivity index (χ0) is 18.0. The lowest BCUT2D eigenvalue weighted by atomic mass is 9.67. The van der Waals surface area contributed by atoms with Gasteiger partial charge in [-0.15, -0.1) is 12.4 Å². The molecule has 3 rings (SSSR count). The Morgan fingerprint density at radius 1 is 1.27 bits per heavy atom. The Kier molecular flexibility index (Phi) is 6.69. The number of amides is 2. The molecule has 0 spiro atoms. The predicted molar refractivity (Wildman–Crippen MR) is 107 cm³/mol. The third-order valence-electron chi connectivity index (χ3n) is 5.64. The Hall–Kier alpha value is -1.59. The van der Waals surface area contributed by atoms with Crippen LogP contribution in [0.3, 0.4) is 0 Å². The summed E-state index contributed by atoms with van der Waals surface area (Å²) >= 11 is 0. The largest absolute Gasteiger partial charge is 0.350 e. The number of halogens is 1. The van der Waals surface area contributed by atoms with Gasteiger partial charge in [0.05, 0.1) is 5.41 Å². The van der Waals surface area contributed by atoms with Gasteiger partial charge in [0.25, 0.3) is 5.91 Å². The van der Waals surface area contributed by atoms with E-state index in [2.05, 4.69) is 16.0 Å². The zero-order valence-electron chi connectivity index (χ0n) is 15.9. The number of anilines is 1. The van der Waals surface area contributed by atoms with Gasteiger partial charge in [0.15, 0.2) is 0 Å². The van der Waals surface area contributed by atoms with Gasteiger partial charge >= 0.3 is 0 Å². The summed E-state index contributed by atoms with van der Waals surface area (Å²) in [6.07, 6.45) is 4.44. The molecule has 1 aliphatic carbocycles. The van der Waals surface area contributed by atoms with Crippen LogP contribution in [-0.4, -0.2) is 30.9 Å². The monoisotopic (exact) mass is 379 g/mol. The highest BCUT2D eigenvalue weighted by atomic mass is 35.5. The highest BCUT2D eigenvalue weighted by Gasteiger charge is 2.49. The van der Waals surface area contributed by atoms with Gasteiger partial charge in [-0.1, -0.05) is 12.8 Å².